The van der Waals surface area contributed by atoms with Crippen molar-refractivity contribution in [2.45, 2.75) is 32.4 Å². The second-order valence-electron chi connectivity index (χ2n) is 6.48. The Labute approximate surface area is 127 Å². The van der Waals surface area contributed by atoms with Gasteiger partial charge < -0.3 is 20.5 Å². The smallest absolute Gasteiger partial charge is 0.227 e. The molecule has 2 heterocycles. The number of hydrogen-bond donors (Lipinski definition) is 2. The Morgan fingerprint density at radius 3 is 2.57 bits per heavy atom. The SMILES string of the molecule is CC(C)CC(CNC(=O)C1COCC1N)N1CCOCC1. The zero-order chi connectivity index (χ0) is 15.2. The van der Waals surface area contributed by atoms with E-state index >= 15 is 0 Å². The van der Waals surface area contributed by atoms with Crippen molar-refractivity contribution in [3.05, 3.63) is 0 Å². The molecule has 2 rings (SSSR count). The van der Waals surface area contributed by atoms with Gasteiger partial charge in [0.2, 0.25) is 5.91 Å². The Balaban J connectivity index is 1.84. The molecule has 6 heteroatoms. The van der Waals surface area contributed by atoms with Gasteiger partial charge in [-0.05, 0) is 12.3 Å². The van der Waals surface area contributed by atoms with E-state index in [4.69, 9.17) is 15.2 Å². The second kappa shape index (κ2) is 8.08. The average Bonchev–Trinajstić information content (AvgIpc) is 2.90. The summed E-state index contributed by atoms with van der Waals surface area (Å²) in [5, 5.41) is 3.08. The molecule has 0 aromatic carbocycles. The largest absolute Gasteiger partial charge is 0.379 e. The van der Waals surface area contributed by atoms with E-state index in [0.29, 0.717) is 31.7 Å². The third-order valence-corrected chi connectivity index (χ3v) is 4.28. The standard InChI is InChI=1S/C15H29N3O3/c1-11(2)7-12(18-3-5-20-6-4-18)8-17-15(19)13-9-21-10-14(13)16/h11-14H,3-10,16H2,1-2H3,(H,17,19). The Bertz CT molecular complexity index is 332. The summed E-state index contributed by atoms with van der Waals surface area (Å²) in [6.45, 7) is 9.50. The van der Waals surface area contributed by atoms with Crippen LogP contribution in [0.1, 0.15) is 20.3 Å². The van der Waals surface area contributed by atoms with Crippen LogP contribution in [0.2, 0.25) is 0 Å². The summed E-state index contributed by atoms with van der Waals surface area (Å²) in [7, 11) is 0. The highest BCUT2D eigenvalue weighted by molar-refractivity contribution is 5.79. The predicted octanol–water partition coefficient (Wildman–Crippen LogP) is -0.177. The third-order valence-electron chi connectivity index (χ3n) is 4.28. The zero-order valence-electron chi connectivity index (χ0n) is 13.2. The van der Waals surface area contributed by atoms with Crippen LogP contribution >= 0.6 is 0 Å². The maximum absolute atomic E-state index is 12.2. The first-order valence-electron chi connectivity index (χ1n) is 8.00. The molecule has 21 heavy (non-hydrogen) atoms. The monoisotopic (exact) mass is 299 g/mol. The lowest BCUT2D eigenvalue weighted by atomic mass is 10.0. The van der Waals surface area contributed by atoms with Crippen LogP contribution in [0.5, 0.6) is 0 Å². The van der Waals surface area contributed by atoms with E-state index in [0.717, 1.165) is 32.7 Å². The lowest BCUT2D eigenvalue weighted by molar-refractivity contribution is -0.125. The zero-order valence-corrected chi connectivity index (χ0v) is 13.2. The van der Waals surface area contributed by atoms with Gasteiger partial charge in [0.05, 0.1) is 32.3 Å². The van der Waals surface area contributed by atoms with Gasteiger partial charge >= 0.3 is 0 Å². The molecule has 1 amide bonds. The fourth-order valence-corrected chi connectivity index (χ4v) is 3.04. The van der Waals surface area contributed by atoms with Crippen molar-refractivity contribution in [2.75, 3.05) is 46.1 Å². The molecule has 2 saturated heterocycles. The number of nitrogens with two attached hydrogens (primary N) is 1. The molecule has 0 spiro atoms. The maximum Gasteiger partial charge on any atom is 0.227 e. The summed E-state index contributed by atoms with van der Waals surface area (Å²) in [4.78, 5) is 14.6. The molecule has 122 valence electrons. The van der Waals surface area contributed by atoms with E-state index in [1.807, 2.05) is 0 Å². The molecule has 0 aromatic heterocycles. The van der Waals surface area contributed by atoms with E-state index in [-0.39, 0.29) is 17.9 Å². The maximum atomic E-state index is 12.2. The molecule has 0 radical (unpaired) electrons. The van der Waals surface area contributed by atoms with E-state index in [1.165, 1.54) is 0 Å². The third kappa shape index (κ3) is 4.92. The van der Waals surface area contributed by atoms with Crippen LogP contribution in [0.3, 0.4) is 0 Å². The minimum absolute atomic E-state index is 0.0296. The Hall–Kier alpha value is -0.690. The fourth-order valence-electron chi connectivity index (χ4n) is 3.04. The van der Waals surface area contributed by atoms with Crippen LogP contribution in [0.25, 0.3) is 0 Å². The van der Waals surface area contributed by atoms with Crippen LogP contribution in [-0.4, -0.2) is 69.0 Å². The second-order valence-corrected chi connectivity index (χ2v) is 6.48. The number of morpholine rings is 1. The van der Waals surface area contributed by atoms with E-state index in [2.05, 4.69) is 24.1 Å². The van der Waals surface area contributed by atoms with Gasteiger partial charge in [0.25, 0.3) is 0 Å². The molecule has 0 bridgehead atoms. The van der Waals surface area contributed by atoms with Crippen LogP contribution in [0, 0.1) is 11.8 Å². The lowest BCUT2D eigenvalue weighted by Gasteiger charge is -2.35. The minimum Gasteiger partial charge on any atom is -0.379 e. The molecular formula is C15H29N3O3. The summed E-state index contributed by atoms with van der Waals surface area (Å²) < 4.78 is 10.7. The summed E-state index contributed by atoms with van der Waals surface area (Å²) in [6.07, 6.45) is 1.08. The van der Waals surface area contributed by atoms with Crippen molar-refractivity contribution >= 4 is 5.91 Å². The number of nitrogens with zero attached hydrogens (tertiary/aromatic N) is 1. The highest BCUT2D eigenvalue weighted by Gasteiger charge is 2.32. The van der Waals surface area contributed by atoms with Gasteiger partial charge in [0.15, 0.2) is 0 Å². The topological polar surface area (TPSA) is 76.8 Å². The molecule has 3 atom stereocenters. The van der Waals surface area contributed by atoms with Crippen LogP contribution in [0.15, 0.2) is 0 Å². The number of carbonyl (C=O) groups is 1. The Morgan fingerprint density at radius 1 is 1.29 bits per heavy atom. The molecule has 0 aromatic rings. The Morgan fingerprint density at radius 2 is 2.00 bits per heavy atom. The molecule has 6 nitrogen and oxygen atoms in total. The van der Waals surface area contributed by atoms with Gasteiger partial charge in [-0.25, -0.2) is 0 Å². The molecule has 3 unspecified atom stereocenters. The Kier molecular flexibility index (Phi) is 6.41. The molecule has 2 fully saturated rings. The van der Waals surface area contributed by atoms with Crippen LogP contribution in [-0.2, 0) is 14.3 Å². The van der Waals surface area contributed by atoms with E-state index in [1.54, 1.807) is 0 Å². The van der Waals surface area contributed by atoms with Gasteiger partial charge in [-0.15, -0.1) is 0 Å². The number of amides is 1. The molecular weight excluding hydrogens is 270 g/mol. The van der Waals surface area contributed by atoms with Crippen LogP contribution in [0.4, 0.5) is 0 Å². The molecule has 2 aliphatic rings. The van der Waals surface area contributed by atoms with Gasteiger partial charge in [0, 0.05) is 31.7 Å². The van der Waals surface area contributed by atoms with Gasteiger partial charge in [-0.1, -0.05) is 13.8 Å². The number of ether oxygens (including phenoxy) is 2. The first kappa shape index (κ1) is 16.7. The molecule has 3 N–H and O–H groups in total. The number of nitrogens with one attached hydrogen (secondary N) is 1. The summed E-state index contributed by atoms with van der Waals surface area (Å²) in [6, 6.07) is 0.202. The number of rotatable bonds is 6. The minimum atomic E-state index is -0.200. The van der Waals surface area contributed by atoms with Gasteiger partial charge in [-0.2, -0.15) is 0 Å². The van der Waals surface area contributed by atoms with Crippen LogP contribution < -0.4 is 11.1 Å². The van der Waals surface area contributed by atoms with Crippen molar-refractivity contribution in [3.8, 4) is 0 Å². The first-order valence-corrected chi connectivity index (χ1v) is 8.00. The lowest BCUT2D eigenvalue weighted by Crippen LogP contribution is -2.51. The fraction of sp³-hybridized carbons (Fsp3) is 0.933. The quantitative estimate of drug-likeness (QED) is 0.712. The van der Waals surface area contributed by atoms with Gasteiger partial charge in [0.1, 0.15) is 0 Å². The first-order chi connectivity index (χ1) is 10.1. The van der Waals surface area contributed by atoms with Crippen molar-refractivity contribution in [1.29, 1.82) is 0 Å². The van der Waals surface area contributed by atoms with E-state index < -0.39 is 0 Å². The van der Waals surface area contributed by atoms with E-state index in [9.17, 15) is 4.79 Å². The van der Waals surface area contributed by atoms with Gasteiger partial charge in [-0.3, -0.25) is 9.69 Å². The van der Waals surface area contributed by atoms with Crippen molar-refractivity contribution in [2.24, 2.45) is 17.6 Å². The molecule has 0 aliphatic carbocycles. The van der Waals surface area contributed by atoms with Crippen molar-refractivity contribution in [1.82, 2.24) is 10.2 Å². The number of carbonyl (C=O) groups excluding carboxylic acids is 1. The number of hydrogen-bond acceptors (Lipinski definition) is 5. The highest BCUT2D eigenvalue weighted by atomic mass is 16.5. The predicted molar refractivity (Wildman–Crippen MR) is 80.9 cm³/mol. The highest BCUT2D eigenvalue weighted by Crippen LogP contribution is 2.15. The summed E-state index contributed by atoms with van der Waals surface area (Å²) in [5.74, 6) is 0.434. The summed E-state index contributed by atoms with van der Waals surface area (Å²) in [5.41, 5.74) is 5.90. The normalized spacial score (nSPS) is 28.8. The molecule has 2 aliphatic heterocycles. The average molecular weight is 299 g/mol. The van der Waals surface area contributed by atoms with Crippen molar-refractivity contribution < 1.29 is 14.3 Å². The summed E-state index contributed by atoms with van der Waals surface area (Å²) >= 11 is 0. The molecule has 0 saturated carbocycles. The van der Waals surface area contributed by atoms with Crippen molar-refractivity contribution in [3.63, 3.8) is 0 Å².